The number of H-pyrrole nitrogens is 1. The Kier molecular flexibility index (Phi) is 3.74. The highest BCUT2D eigenvalue weighted by Gasteiger charge is 2.07. The first-order valence-corrected chi connectivity index (χ1v) is 5.87. The zero-order chi connectivity index (χ0) is 14.7. The molecule has 8 nitrogen and oxygen atoms in total. The van der Waals surface area contributed by atoms with Gasteiger partial charge in [-0.15, -0.1) is 0 Å². The maximum absolute atomic E-state index is 11.8. The van der Waals surface area contributed by atoms with Gasteiger partial charge < -0.3 is 0 Å². The van der Waals surface area contributed by atoms with E-state index in [1.807, 2.05) is 19.9 Å². The molecule has 2 heterocycles. The lowest BCUT2D eigenvalue weighted by Crippen LogP contribution is -2.19. The van der Waals surface area contributed by atoms with Gasteiger partial charge in [0.05, 0.1) is 0 Å². The number of aromatic nitrogens is 3. The molecule has 0 bridgehead atoms. The second kappa shape index (κ2) is 5.47. The minimum Gasteiger partial charge on any atom is -0.288 e. The van der Waals surface area contributed by atoms with Crippen molar-refractivity contribution in [1.82, 2.24) is 15.0 Å². The topological polar surface area (TPSA) is 114 Å². The monoisotopic (exact) mass is 275 g/mol. The lowest BCUT2D eigenvalue weighted by atomic mass is 10.1. The van der Waals surface area contributed by atoms with E-state index in [0.29, 0.717) is 12.0 Å². The zero-order valence-corrected chi connectivity index (χ0v) is 11.0. The van der Waals surface area contributed by atoms with Crippen LogP contribution in [0.25, 0.3) is 0 Å². The Morgan fingerprint density at radius 2 is 2.10 bits per heavy atom. The molecule has 0 aromatic carbocycles. The fourth-order valence-electron chi connectivity index (χ4n) is 1.71. The average Bonchev–Trinajstić information content (AvgIpc) is 2.36. The Morgan fingerprint density at radius 1 is 1.35 bits per heavy atom. The fourth-order valence-corrected chi connectivity index (χ4v) is 1.71. The third kappa shape index (κ3) is 3.16. The van der Waals surface area contributed by atoms with Crippen LogP contribution in [0.5, 0.6) is 0 Å². The molecule has 0 aliphatic rings. The SMILES string of the molecule is Cc1cc(Cc2cnc(N[N+](=O)[O-])[nH]c2=O)cnc1C. The molecule has 0 saturated heterocycles. The Labute approximate surface area is 114 Å². The first kappa shape index (κ1) is 13.7. The third-order valence-corrected chi connectivity index (χ3v) is 2.86. The van der Waals surface area contributed by atoms with Crippen LogP contribution in [-0.4, -0.2) is 20.0 Å². The van der Waals surface area contributed by atoms with Crippen molar-refractivity contribution in [3.8, 4) is 0 Å². The van der Waals surface area contributed by atoms with Gasteiger partial charge in [-0.1, -0.05) is 11.5 Å². The maximum atomic E-state index is 11.8. The summed E-state index contributed by atoms with van der Waals surface area (Å²) in [6.07, 6.45) is 3.39. The van der Waals surface area contributed by atoms with Crippen LogP contribution >= 0.6 is 0 Å². The maximum Gasteiger partial charge on any atom is 0.265 e. The Balaban J connectivity index is 2.23. The normalized spacial score (nSPS) is 10.3. The number of nitrogens with one attached hydrogen (secondary N) is 2. The molecule has 2 aromatic rings. The van der Waals surface area contributed by atoms with Crippen LogP contribution in [0.2, 0.25) is 0 Å². The third-order valence-electron chi connectivity index (χ3n) is 2.86. The van der Waals surface area contributed by atoms with Crippen LogP contribution in [0, 0.1) is 24.0 Å². The molecule has 0 saturated carbocycles. The summed E-state index contributed by atoms with van der Waals surface area (Å²) in [5.74, 6) is -0.193. The molecule has 20 heavy (non-hydrogen) atoms. The van der Waals surface area contributed by atoms with Crippen molar-refractivity contribution in [3.05, 3.63) is 61.3 Å². The van der Waals surface area contributed by atoms with Crippen molar-refractivity contribution in [1.29, 1.82) is 0 Å². The average molecular weight is 275 g/mol. The number of hydrazine groups is 1. The van der Waals surface area contributed by atoms with Crippen molar-refractivity contribution in [2.75, 3.05) is 5.43 Å². The molecule has 8 heteroatoms. The summed E-state index contributed by atoms with van der Waals surface area (Å²) in [5.41, 5.74) is 4.66. The lowest BCUT2D eigenvalue weighted by Gasteiger charge is -2.04. The van der Waals surface area contributed by atoms with E-state index >= 15 is 0 Å². The van der Waals surface area contributed by atoms with Crippen molar-refractivity contribution in [2.24, 2.45) is 0 Å². The van der Waals surface area contributed by atoms with Gasteiger partial charge in [-0.3, -0.25) is 14.8 Å². The van der Waals surface area contributed by atoms with E-state index in [-0.39, 0.29) is 5.95 Å². The standard InChI is InChI=1S/C12H13N5O3/c1-7-3-9(5-13-8(7)2)4-10-6-14-12(15-11(10)18)16-17(19)20/h3,5-6H,4H2,1-2H3,(H2,14,15,16,18). The van der Waals surface area contributed by atoms with Gasteiger partial charge in [-0.05, 0) is 25.0 Å². The lowest BCUT2D eigenvalue weighted by molar-refractivity contribution is -0.446. The highest BCUT2D eigenvalue weighted by molar-refractivity contribution is 5.29. The van der Waals surface area contributed by atoms with Crippen molar-refractivity contribution in [2.45, 2.75) is 20.3 Å². The minimum absolute atomic E-state index is 0.193. The molecule has 0 atom stereocenters. The summed E-state index contributed by atoms with van der Waals surface area (Å²) in [6.45, 7) is 3.85. The number of pyridine rings is 1. The number of aryl methyl sites for hydroxylation is 2. The van der Waals surface area contributed by atoms with Crippen LogP contribution < -0.4 is 11.0 Å². The molecule has 0 amide bonds. The van der Waals surface area contributed by atoms with Crippen molar-refractivity contribution in [3.63, 3.8) is 0 Å². The first-order chi connectivity index (χ1) is 9.45. The summed E-state index contributed by atoms with van der Waals surface area (Å²) in [6, 6.07) is 1.95. The summed E-state index contributed by atoms with van der Waals surface area (Å²) < 4.78 is 0. The number of hydrogen-bond donors (Lipinski definition) is 2. The van der Waals surface area contributed by atoms with E-state index in [4.69, 9.17) is 0 Å². The minimum atomic E-state index is -0.787. The molecule has 2 aromatic heterocycles. The molecule has 0 aliphatic heterocycles. The summed E-state index contributed by atoms with van der Waals surface area (Å²) >= 11 is 0. The van der Waals surface area contributed by atoms with Gasteiger partial charge in [0.1, 0.15) is 0 Å². The molecule has 0 unspecified atom stereocenters. The quantitative estimate of drug-likeness (QED) is 0.635. The number of nitrogens with zero attached hydrogens (tertiary/aromatic N) is 3. The summed E-state index contributed by atoms with van der Waals surface area (Å²) in [7, 11) is 0. The highest BCUT2D eigenvalue weighted by Crippen LogP contribution is 2.09. The molecular weight excluding hydrogens is 262 g/mol. The van der Waals surface area contributed by atoms with Crippen LogP contribution in [0.4, 0.5) is 5.95 Å². The van der Waals surface area contributed by atoms with Gasteiger partial charge in [0, 0.05) is 30.1 Å². The molecule has 2 rings (SSSR count). The van der Waals surface area contributed by atoms with Gasteiger partial charge in [-0.2, -0.15) is 0 Å². The Morgan fingerprint density at radius 3 is 2.70 bits per heavy atom. The van der Waals surface area contributed by atoms with Gasteiger partial charge in [0.15, 0.2) is 5.03 Å². The second-order valence-electron chi connectivity index (χ2n) is 4.38. The summed E-state index contributed by atoms with van der Waals surface area (Å²) in [4.78, 5) is 32.4. The smallest absolute Gasteiger partial charge is 0.265 e. The molecular formula is C12H13N5O3. The van der Waals surface area contributed by atoms with Crippen molar-refractivity contribution >= 4 is 5.95 Å². The molecule has 0 spiro atoms. The van der Waals surface area contributed by atoms with E-state index in [1.165, 1.54) is 6.20 Å². The van der Waals surface area contributed by atoms with E-state index in [9.17, 15) is 14.9 Å². The molecule has 2 N–H and O–H groups in total. The van der Waals surface area contributed by atoms with Gasteiger partial charge >= 0.3 is 0 Å². The molecule has 0 radical (unpaired) electrons. The zero-order valence-electron chi connectivity index (χ0n) is 11.0. The first-order valence-electron chi connectivity index (χ1n) is 5.87. The fraction of sp³-hybridized carbons (Fsp3) is 0.250. The van der Waals surface area contributed by atoms with Gasteiger partial charge in [-0.25, -0.2) is 15.1 Å². The van der Waals surface area contributed by atoms with E-state index < -0.39 is 10.6 Å². The number of aromatic amines is 1. The van der Waals surface area contributed by atoms with Gasteiger partial charge in [0.2, 0.25) is 0 Å². The van der Waals surface area contributed by atoms with E-state index in [2.05, 4.69) is 15.0 Å². The predicted octanol–water partition coefficient (Wildman–Crippen LogP) is 0.976. The predicted molar refractivity (Wildman–Crippen MR) is 72.0 cm³/mol. The molecule has 0 aliphatic carbocycles. The van der Waals surface area contributed by atoms with Crippen LogP contribution in [-0.2, 0) is 6.42 Å². The van der Waals surface area contributed by atoms with E-state index in [0.717, 1.165) is 16.8 Å². The Hall–Kier alpha value is -2.77. The van der Waals surface area contributed by atoms with E-state index in [1.54, 1.807) is 11.6 Å². The Bertz CT molecular complexity index is 710. The molecule has 0 fully saturated rings. The van der Waals surface area contributed by atoms with Crippen LogP contribution in [0.3, 0.4) is 0 Å². The van der Waals surface area contributed by atoms with Crippen LogP contribution in [0.1, 0.15) is 22.4 Å². The van der Waals surface area contributed by atoms with Crippen LogP contribution in [0.15, 0.2) is 23.3 Å². The second-order valence-corrected chi connectivity index (χ2v) is 4.38. The summed E-state index contributed by atoms with van der Waals surface area (Å²) in [5, 5.41) is 9.46. The largest absolute Gasteiger partial charge is 0.288 e. The molecule has 104 valence electrons. The number of anilines is 1. The van der Waals surface area contributed by atoms with Gasteiger partial charge in [0.25, 0.3) is 11.5 Å². The number of rotatable bonds is 4. The van der Waals surface area contributed by atoms with Crippen molar-refractivity contribution < 1.29 is 5.03 Å². The number of nitro groups is 1. The number of hydrogen-bond acceptors (Lipinski definition) is 5. The highest BCUT2D eigenvalue weighted by atomic mass is 16.7.